The number of benzene rings is 2. The van der Waals surface area contributed by atoms with Crippen LogP contribution in [0.1, 0.15) is 71.7 Å². The Hall–Kier alpha value is -4.49. The molecule has 3 fully saturated rings. The number of aryl methyl sites for hydroxylation is 1. The van der Waals surface area contributed by atoms with Gasteiger partial charge in [0.25, 0.3) is 0 Å². The number of anilines is 1. The molecule has 2 unspecified atom stereocenters. The fraction of sp³-hybridized carbons (Fsp3) is 0.457. The molecule has 1 aliphatic carbocycles. The third-order valence-electron chi connectivity index (χ3n) is 9.75. The van der Waals surface area contributed by atoms with Crippen LogP contribution in [0.25, 0.3) is 11.1 Å². The monoisotopic (exact) mass is 691 g/mol. The highest BCUT2D eigenvalue weighted by Crippen LogP contribution is 2.46. The van der Waals surface area contributed by atoms with Gasteiger partial charge in [-0.3, -0.25) is 9.69 Å². The van der Waals surface area contributed by atoms with Gasteiger partial charge in [-0.15, -0.1) is 0 Å². The van der Waals surface area contributed by atoms with Gasteiger partial charge >= 0.3 is 24.4 Å². The summed E-state index contributed by atoms with van der Waals surface area (Å²) in [6, 6.07) is 7.96. The molecule has 3 aliphatic rings. The minimum absolute atomic E-state index is 0.0453. The summed E-state index contributed by atoms with van der Waals surface area (Å²) in [6.07, 6.45) is -10.2. The number of rotatable bonds is 8. The SMILES string of the molecule is COc1ccc([C@H]2C[C@@H](C(=O)OC)C2)cc1-c1c(C)cc(N2CCC2)nc1CN1C(=O)OC(c2cc(C(F)(F)F)cc(C(F)(F)F)c2)C1C. The second-order valence-electron chi connectivity index (χ2n) is 12.8. The van der Waals surface area contributed by atoms with Crippen LogP contribution < -0.4 is 9.64 Å². The fourth-order valence-electron chi connectivity index (χ4n) is 6.80. The van der Waals surface area contributed by atoms with Crippen LogP contribution in [0.2, 0.25) is 0 Å². The van der Waals surface area contributed by atoms with Crippen LogP contribution in [0.15, 0.2) is 42.5 Å². The van der Waals surface area contributed by atoms with Gasteiger partial charge < -0.3 is 19.1 Å². The fourth-order valence-corrected chi connectivity index (χ4v) is 6.80. The lowest BCUT2D eigenvalue weighted by Gasteiger charge is -2.34. The van der Waals surface area contributed by atoms with Gasteiger partial charge in [0.05, 0.1) is 49.5 Å². The summed E-state index contributed by atoms with van der Waals surface area (Å²) in [5.74, 6) is 0.888. The average Bonchev–Trinajstić information content (AvgIpc) is 3.26. The van der Waals surface area contributed by atoms with Crippen LogP contribution >= 0.6 is 0 Å². The van der Waals surface area contributed by atoms with Crippen molar-refractivity contribution >= 4 is 17.9 Å². The highest BCUT2D eigenvalue weighted by atomic mass is 19.4. The van der Waals surface area contributed by atoms with Crippen molar-refractivity contribution in [3.63, 3.8) is 0 Å². The Balaban J connectivity index is 1.38. The third-order valence-corrected chi connectivity index (χ3v) is 9.75. The summed E-state index contributed by atoms with van der Waals surface area (Å²) in [5, 5.41) is 0. The van der Waals surface area contributed by atoms with Crippen molar-refractivity contribution in [1.82, 2.24) is 9.88 Å². The number of carbonyl (C=O) groups is 2. The Morgan fingerprint density at radius 1 is 0.959 bits per heavy atom. The molecule has 2 aromatic carbocycles. The summed E-state index contributed by atoms with van der Waals surface area (Å²) in [6.45, 7) is 4.86. The van der Waals surface area contributed by atoms with Crippen molar-refractivity contribution in [2.75, 3.05) is 32.2 Å². The molecule has 3 heterocycles. The van der Waals surface area contributed by atoms with Gasteiger partial charge in [-0.05, 0) is 92.1 Å². The maximum Gasteiger partial charge on any atom is 0.416 e. The molecule has 0 radical (unpaired) electrons. The van der Waals surface area contributed by atoms with Crippen molar-refractivity contribution in [3.8, 4) is 16.9 Å². The Morgan fingerprint density at radius 3 is 2.16 bits per heavy atom. The van der Waals surface area contributed by atoms with E-state index in [1.54, 1.807) is 0 Å². The molecular weight excluding hydrogens is 656 g/mol. The predicted molar refractivity (Wildman–Crippen MR) is 166 cm³/mol. The summed E-state index contributed by atoms with van der Waals surface area (Å²) >= 11 is 0. The van der Waals surface area contributed by atoms with Gasteiger partial charge in [-0.2, -0.15) is 26.3 Å². The summed E-state index contributed by atoms with van der Waals surface area (Å²) in [7, 11) is 2.89. The Morgan fingerprint density at radius 2 is 1.61 bits per heavy atom. The number of aromatic nitrogens is 1. The molecule has 2 atom stereocenters. The van der Waals surface area contributed by atoms with Crippen molar-refractivity contribution in [2.24, 2.45) is 5.92 Å². The first-order valence-electron chi connectivity index (χ1n) is 15.9. The molecule has 2 aliphatic heterocycles. The van der Waals surface area contributed by atoms with E-state index in [0.29, 0.717) is 53.4 Å². The molecule has 262 valence electrons. The molecule has 0 bridgehead atoms. The molecule has 0 N–H and O–H groups in total. The summed E-state index contributed by atoms with van der Waals surface area (Å²) in [5.41, 5.74) is 0.247. The second-order valence-corrected chi connectivity index (χ2v) is 12.8. The van der Waals surface area contributed by atoms with Crippen LogP contribution in [0, 0.1) is 12.8 Å². The zero-order valence-electron chi connectivity index (χ0n) is 27.2. The maximum atomic E-state index is 13.7. The lowest BCUT2D eigenvalue weighted by atomic mass is 9.71. The number of hydrogen-bond acceptors (Lipinski definition) is 7. The normalized spacial score (nSPS) is 22.4. The minimum Gasteiger partial charge on any atom is -0.496 e. The number of cyclic esters (lactones) is 1. The van der Waals surface area contributed by atoms with E-state index >= 15 is 0 Å². The van der Waals surface area contributed by atoms with E-state index in [1.165, 1.54) is 26.0 Å². The quantitative estimate of drug-likeness (QED) is 0.175. The number of nitrogens with zero attached hydrogens (tertiary/aromatic N) is 3. The first-order valence-corrected chi connectivity index (χ1v) is 15.9. The molecule has 8 nitrogen and oxygen atoms in total. The topological polar surface area (TPSA) is 81.2 Å². The molecule has 1 aromatic heterocycles. The van der Waals surface area contributed by atoms with Crippen LogP contribution in [-0.2, 0) is 33.2 Å². The van der Waals surface area contributed by atoms with E-state index in [9.17, 15) is 35.9 Å². The first-order chi connectivity index (χ1) is 23.1. The van der Waals surface area contributed by atoms with Gasteiger partial charge in [0, 0.05) is 24.2 Å². The molecule has 3 aromatic rings. The van der Waals surface area contributed by atoms with E-state index in [0.717, 1.165) is 30.6 Å². The highest BCUT2D eigenvalue weighted by molar-refractivity contribution is 5.79. The van der Waals surface area contributed by atoms with E-state index < -0.39 is 47.3 Å². The number of ether oxygens (including phenoxy) is 3. The van der Waals surface area contributed by atoms with Crippen molar-refractivity contribution < 1.29 is 50.1 Å². The second kappa shape index (κ2) is 12.8. The Bertz CT molecular complexity index is 1740. The molecule has 2 saturated heterocycles. The van der Waals surface area contributed by atoms with Crippen molar-refractivity contribution in [1.29, 1.82) is 0 Å². The number of pyridine rings is 1. The molecular formula is C35H35F6N3O5. The van der Waals surface area contributed by atoms with Crippen LogP contribution in [0.4, 0.5) is 37.0 Å². The zero-order valence-corrected chi connectivity index (χ0v) is 27.2. The third kappa shape index (κ3) is 6.61. The van der Waals surface area contributed by atoms with E-state index in [2.05, 4.69) is 4.90 Å². The van der Waals surface area contributed by atoms with E-state index in [1.807, 2.05) is 31.2 Å². The van der Waals surface area contributed by atoms with Gasteiger partial charge in [0.15, 0.2) is 0 Å². The van der Waals surface area contributed by atoms with E-state index in [-0.39, 0.29) is 30.4 Å². The number of carbonyl (C=O) groups excluding carboxylic acids is 2. The maximum absolute atomic E-state index is 13.7. The van der Waals surface area contributed by atoms with Crippen molar-refractivity contribution in [3.05, 3.63) is 76.0 Å². The zero-order chi connectivity index (χ0) is 35.4. The molecule has 14 heteroatoms. The molecule has 6 rings (SSSR count). The van der Waals surface area contributed by atoms with Gasteiger partial charge in [-0.1, -0.05) is 6.07 Å². The van der Waals surface area contributed by atoms with Crippen molar-refractivity contribution in [2.45, 2.75) is 70.1 Å². The lowest BCUT2D eigenvalue weighted by molar-refractivity contribution is -0.149. The number of alkyl halides is 6. The lowest BCUT2D eigenvalue weighted by Crippen LogP contribution is -2.38. The molecule has 0 spiro atoms. The Kier molecular flexibility index (Phi) is 8.95. The predicted octanol–water partition coefficient (Wildman–Crippen LogP) is 8.06. The molecule has 1 amide bonds. The first kappa shape index (κ1) is 34.4. The number of methoxy groups -OCH3 is 2. The van der Waals surface area contributed by atoms with Crippen LogP contribution in [-0.4, -0.2) is 55.3 Å². The van der Waals surface area contributed by atoms with Crippen LogP contribution in [0.5, 0.6) is 5.75 Å². The summed E-state index contributed by atoms with van der Waals surface area (Å²) in [4.78, 5) is 33.7. The largest absolute Gasteiger partial charge is 0.496 e. The van der Waals surface area contributed by atoms with E-state index in [4.69, 9.17) is 19.2 Å². The molecule has 1 saturated carbocycles. The van der Waals surface area contributed by atoms with Crippen LogP contribution in [0.3, 0.4) is 0 Å². The van der Waals surface area contributed by atoms with Gasteiger partial charge in [0.2, 0.25) is 0 Å². The average molecular weight is 692 g/mol. The number of halogens is 6. The van der Waals surface area contributed by atoms with Gasteiger partial charge in [-0.25, -0.2) is 9.78 Å². The summed E-state index contributed by atoms with van der Waals surface area (Å²) < 4.78 is 98.0. The Labute approximate surface area is 278 Å². The number of hydrogen-bond donors (Lipinski definition) is 0. The highest BCUT2D eigenvalue weighted by Gasteiger charge is 2.44. The number of amides is 1. The minimum atomic E-state index is -5.05. The smallest absolute Gasteiger partial charge is 0.416 e. The molecule has 49 heavy (non-hydrogen) atoms. The standard InChI is InChI=1S/C35H35F6N3O5/c1-18-10-29(43-8-5-9-43)42-27(30(18)26-15-20(6-7-28(26)47-3)21-11-23(12-21)32(45)48-4)17-44-19(2)31(49-33(44)46)22-13-24(34(36,37)38)16-25(14-22)35(39,40)41/h6-7,10,13-16,19,21,23,31H,5,8-9,11-12,17H2,1-4H3/t19?,21-,23+,31?. The number of esters is 1. The van der Waals surface area contributed by atoms with Gasteiger partial charge in [0.1, 0.15) is 17.7 Å².